The molecule has 18 heavy (non-hydrogen) atoms. The molecule has 1 aromatic rings. The number of unbranched alkanes of at least 4 members (excludes halogenated alkanes) is 3. The third-order valence-electron chi connectivity index (χ3n) is 3.71. The van der Waals surface area contributed by atoms with Crippen molar-refractivity contribution < 1.29 is 0 Å². The average molecular weight is 247 g/mol. The van der Waals surface area contributed by atoms with Crippen molar-refractivity contribution in [2.45, 2.75) is 59.8 Å². The van der Waals surface area contributed by atoms with Gasteiger partial charge in [-0.05, 0) is 49.4 Å². The summed E-state index contributed by atoms with van der Waals surface area (Å²) in [7, 11) is 0. The highest BCUT2D eigenvalue weighted by atomic mass is 14.9. The highest BCUT2D eigenvalue weighted by molar-refractivity contribution is 5.48. The lowest BCUT2D eigenvalue weighted by molar-refractivity contribution is 0.508. The topological polar surface area (TPSA) is 12.0 Å². The molecule has 102 valence electrons. The molecule has 0 aliphatic rings. The number of benzene rings is 1. The minimum atomic E-state index is 0.767. The van der Waals surface area contributed by atoms with E-state index in [0.29, 0.717) is 0 Å². The van der Waals surface area contributed by atoms with Gasteiger partial charge in [-0.3, -0.25) is 0 Å². The van der Waals surface area contributed by atoms with Crippen molar-refractivity contribution in [2.24, 2.45) is 5.92 Å². The van der Waals surface area contributed by atoms with Crippen LogP contribution in [0.2, 0.25) is 0 Å². The monoisotopic (exact) mass is 247 g/mol. The molecule has 0 fully saturated rings. The van der Waals surface area contributed by atoms with Gasteiger partial charge in [-0.25, -0.2) is 0 Å². The summed E-state index contributed by atoms with van der Waals surface area (Å²) >= 11 is 0. The number of hydrogen-bond acceptors (Lipinski definition) is 1. The van der Waals surface area contributed by atoms with Crippen molar-refractivity contribution in [1.82, 2.24) is 0 Å². The standard InChI is InChI=1S/C17H29N/c1-5-6-7-8-9-14(2)13-18-17-11-10-15(3)16(4)12-17/h10-12,14,18H,5-9,13H2,1-4H3. The lowest BCUT2D eigenvalue weighted by Crippen LogP contribution is -2.11. The minimum Gasteiger partial charge on any atom is -0.385 e. The Morgan fingerprint density at radius 3 is 2.50 bits per heavy atom. The first-order chi connectivity index (χ1) is 8.63. The fraction of sp³-hybridized carbons (Fsp3) is 0.647. The largest absolute Gasteiger partial charge is 0.385 e. The molecular formula is C17H29N. The van der Waals surface area contributed by atoms with E-state index in [4.69, 9.17) is 0 Å². The third kappa shape index (κ3) is 5.57. The van der Waals surface area contributed by atoms with Crippen LogP contribution in [-0.2, 0) is 0 Å². The van der Waals surface area contributed by atoms with Gasteiger partial charge >= 0.3 is 0 Å². The summed E-state index contributed by atoms with van der Waals surface area (Å²) in [5, 5.41) is 3.55. The van der Waals surface area contributed by atoms with Crippen molar-refractivity contribution in [2.75, 3.05) is 11.9 Å². The average Bonchev–Trinajstić information content (AvgIpc) is 2.36. The predicted molar refractivity (Wildman–Crippen MR) is 82.3 cm³/mol. The molecule has 1 heteroatoms. The maximum Gasteiger partial charge on any atom is 0.0343 e. The molecular weight excluding hydrogens is 218 g/mol. The molecule has 1 rings (SSSR count). The molecule has 0 spiro atoms. The van der Waals surface area contributed by atoms with Crippen LogP contribution in [0.15, 0.2) is 18.2 Å². The number of anilines is 1. The fourth-order valence-electron chi connectivity index (χ4n) is 2.17. The Kier molecular flexibility index (Phi) is 6.85. The second kappa shape index (κ2) is 8.18. The molecule has 0 saturated carbocycles. The van der Waals surface area contributed by atoms with Crippen molar-refractivity contribution in [3.05, 3.63) is 29.3 Å². The van der Waals surface area contributed by atoms with Gasteiger partial charge in [0.2, 0.25) is 0 Å². The number of nitrogens with one attached hydrogen (secondary N) is 1. The van der Waals surface area contributed by atoms with Gasteiger partial charge in [0.15, 0.2) is 0 Å². The Balaban J connectivity index is 2.24. The van der Waals surface area contributed by atoms with Gasteiger partial charge < -0.3 is 5.32 Å². The summed E-state index contributed by atoms with van der Waals surface area (Å²) in [4.78, 5) is 0. The Morgan fingerprint density at radius 2 is 1.83 bits per heavy atom. The zero-order valence-corrected chi connectivity index (χ0v) is 12.6. The van der Waals surface area contributed by atoms with E-state index in [-0.39, 0.29) is 0 Å². The predicted octanol–water partition coefficient (Wildman–Crippen LogP) is 5.32. The number of aryl methyl sites for hydroxylation is 2. The number of rotatable bonds is 8. The molecule has 1 nitrogen and oxygen atoms in total. The Hall–Kier alpha value is -0.980. The fourth-order valence-corrected chi connectivity index (χ4v) is 2.17. The second-order valence-corrected chi connectivity index (χ2v) is 5.63. The SMILES string of the molecule is CCCCCCC(C)CNc1ccc(C)c(C)c1. The lowest BCUT2D eigenvalue weighted by Gasteiger charge is -2.14. The van der Waals surface area contributed by atoms with Crippen LogP contribution in [0, 0.1) is 19.8 Å². The Labute approximate surface area is 113 Å². The van der Waals surface area contributed by atoms with Gasteiger partial charge in [0.1, 0.15) is 0 Å². The smallest absolute Gasteiger partial charge is 0.0343 e. The number of hydrogen-bond donors (Lipinski definition) is 1. The van der Waals surface area contributed by atoms with E-state index < -0.39 is 0 Å². The van der Waals surface area contributed by atoms with Gasteiger partial charge in [-0.15, -0.1) is 0 Å². The van der Waals surface area contributed by atoms with Gasteiger partial charge in [0.05, 0.1) is 0 Å². The normalized spacial score (nSPS) is 12.4. The summed E-state index contributed by atoms with van der Waals surface area (Å²) in [5.74, 6) is 0.767. The summed E-state index contributed by atoms with van der Waals surface area (Å²) in [6.07, 6.45) is 6.83. The second-order valence-electron chi connectivity index (χ2n) is 5.63. The molecule has 0 aliphatic carbocycles. The van der Waals surface area contributed by atoms with E-state index in [1.807, 2.05) is 0 Å². The Morgan fingerprint density at radius 1 is 1.06 bits per heavy atom. The van der Waals surface area contributed by atoms with Crippen molar-refractivity contribution in [3.63, 3.8) is 0 Å². The van der Waals surface area contributed by atoms with Gasteiger partial charge in [0, 0.05) is 12.2 Å². The first kappa shape index (κ1) is 15.1. The molecule has 1 N–H and O–H groups in total. The molecule has 0 saturated heterocycles. The van der Waals surface area contributed by atoms with Crippen LogP contribution < -0.4 is 5.32 Å². The molecule has 1 unspecified atom stereocenters. The molecule has 0 heterocycles. The van der Waals surface area contributed by atoms with Crippen molar-refractivity contribution in [3.8, 4) is 0 Å². The zero-order valence-electron chi connectivity index (χ0n) is 12.6. The lowest BCUT2D eigenvalue weighted by atomic mass is 10.0. The van der Waals surface area contributed by atoms with Crippen molar-refractivity contribution >= 4 is 5.69 Å². The zero-order chi connectivity index (χ0) is 13.4. The Bertz CT molecular complexity index is 343. The van der Waals surface area contributed by atoms with E-state index in [9.17, 15) is 0 Å². The molecule has 1 aromatic carbocycles. The quantitative estimate of drug-likeness (QED) is 0.613. The van der Waals surface area contributed by atoms with Crippen LogP contribution >= 0.6 is 0 Å². The summed E-state index contributed by atoms with van der Waals surface area (Å²) in [6, 6.07) is 6.63. The summed E-state index contributed by atoms with van der Waals surface area (Å²) in [6.45, 7) is 10.0. The summed E-state index contributed by atoms with van der Waals surface area (Å²) in [5.41, 5.74) is 4.00. The van der Waals surface area contributed by atoms with Crippen LogP contribution in [0.25, 0.3) is 0 Å². The van der Waals surface area contributed by atoms with E-state index in [0.717, 1.165) is 12.5 Å². The molecule has 0 bridgehead atoms. The molecule has 0 amide bonds. The van der Waals surface area contributed by atoms with Gasteiger partial charge in [0.25, 0.3) is 0 Å². The van der Waals surface area contributed by atoms with E-state index in [1.54, 1.807) is 0 Å². The molecule has 0 aromatic heterocycles. The van der Waals surface area contributed by atoms with E-state index >= 15 is 0 Å². The van der Waals surface area contributed by atoms with Crippen LogP contribution in [0.5, 0.6) is 0 Å². The molecule has 0 radical (unpaired) electrons. The van der Waals surface area contributed by atoms with Crippen LogP contribution in [0.1, 0.15) is 57.1 Å². The van der Waals surface area contributed by atoms with Crippen molar-refractivity contribution in [1.29, 1.82) is 0 Å². The minimum absolute atomic E-state index is 0.767. The maximum atomic E-state index is 3.55. The highest BCUT2D eigenvalue weighted by Gasteiger charge is 2.02. The van der Waals surface area contributed by atoms with E-state index in [1.165, 1.54) is 48.9 Å². The first-order valence-electron chi connectivity index (χ1n) is 7.44. The van der Waals surface area contributed by atoms with E-state index in [2.05, 4.69) is 51.2 Å². The highest BCUT2D eigenvalue weighted by Crippen LogP contribution is 2.16. The van der Waals surface area contributed by atoms with Crippen LogP contribution in [0.3, 0.4) is 0 Å². The third-order valence-corrected chi connectivity index (χ3v) is 3.71. The van der Waals surface area contributed by atoms with Crippen LogP contribution in [-0.4, -0.2) is 6.54 Å². The molecule has 0 aliphatic heterocycles. The van der Waals surface area contributed by atoms with Crippen LogP contribution in [0.4, 0.5) is 5.69 Å². The first-order valence-corrected chi connectivity index (χ1v) is 7.44. The van der Waals surface area contributed by atoms with Gasteiger partial charge in [-0.1, -0.05) is 45.6 Å². The summed E-state index contributed by atoms with van der Waals surface area (Å²) < 4.78 is 0. The van der Waals surface area contributed by atoms with Gasteiger partial charge in [-0.2, -0.15) is 0 Å². The molecule has 1 atom stereocenters. The maximum absolute atomic E-state index is 3.55.